The smallest absolute Gasteiger partial charge is 0.228 e. The molecule has 4 nitrogen and oxygen atoms in total. The first-order valence-electron chi connectivity index (χ1n) is 9.00. The van der Waals surface area contributed by atoms with Crippen LogP contribution in [0.5, 0.6) is 5.75 Å². The van der Waals surface area contributed by atoms with Gasteiger partial charge >= 0.3 is 0 Å². The van der Waals surface area contributed by atoms with Crippen molar-refractivity contribution in [1.29, 1.82) is 0 Å². The van der Waals surface area contributed by atoms with Crippen LogP contribution in [0.25, 0.3) is 0 Å². The van der Waals surface area contributed by atoms with Crippen LogP contribution in [-0.4, -0.2) is 55.0 Å². The van der Waals surface area contributed by atoms with Crippen LogP contribution in [0.3, 0.4) is 0 Å². The predicted octanol–water partition coefficient (Wildman–Crippen LogP) is 3.26. The van der Waals surface area contributed by atoms with Gasteiger partial charge in [0.15, 0.2) is 0 Å². The number of benzene rings is 1. The first-order chi connectivity index (χ1) is 11.3. The molecule has 0 N–H and O–H groups in total. The minimum Gasteiger partial charge on any atom is -0.493 e. The van der Waals surface area contributed by atoms with Crippen molar-refractivity contribution in [1.82, 2.24) is 9.80 Å². The second kappa shape index (κ2) is 8.02. The van der Waals surface area contributed by atoms with Gasteiger partial charge in [-0.15, -0.1) is 0 Å². The number of hydrogen-bond acceptors (Lipinski definition) is 3. The van der Waals surface area contributed by atoms with Gasteiger partial charge in [0.25, 0.3) is 0 Å². The SMILES string of the molecule is Cc1cccc(C)c1OCCCN1CCN(C(=O)C(C)(C)C)CC1. The second-order valence-electron chi connectivity index (χ2n) is 7.81. The van der Waals surface area contributed by atoms with E-state index in [2.05, 4.69) is 36.9 Å². The molecule has 0 radical (unpaired) electrons. The lowest BCUT2D eigenvalue weighted by molar-refractivity contribution is -0.141. The van der Waals surface area contributed by atoms with E-state index in [1.807, 2.05) is 25.7 Å². The molecule has 1 aromatic carbocycles. The maximum absolute atomic E-state index is 12.3. The number of carbonyl (C=O) groups is 1. The zero-order chi connectivity index (χ0) is 17.7. The number of amides is 1. The molecule has 4 heteroatoms. The van der Waals surface area contributed by atoms with Gasteiger partial charge in [-0.05, 0) is 31.4 Å². The molecule has 24 heavy (non-hydrogen) atoms. The zero-order valence-corrected chi connectivity index (χ0v) is 15.9. The highest BCUT2D eigenvalue weighted by Gasteiger charge is 2.29. The lowest BCUT2D eigenvalue weighted by atomic mass is 9.94. The van der Waals surface area contributed by atoms with Crippen LogP contribution in [0.4, 0.5) is 0 Å². The normalized spacial score (nSPS) is 16.3. The number of hydrogen-bond donors (Lipinski definition) is 0. The summed E-state index contributed by atoms with van der Waals surface area (Å²) in [6, 6.07) is 6.25. The Labute approximate surface area is 146 Å². The van der Waals surface area contributed by atoms with Gasteiger partial charge in [0.2, 0.25) is 5.91 Å². The zero-order valence-electron chi connectivity index (χ0n) is 15.9. The lowest BCUT2D eigenvalue weighted by Crippen LogP contribution is -2.51. The fourth-order valence-electron chi connectivity index (χ4n) is 3.14. The number of piperazine rings is 1. The van der Waals surface area contributed by atoms with Crippen molar-refractivity contribution in [2.75, 3.05) is 39.3 Å². The Hall–Kier alpha value is -1.55. The van der Waals surface area contributed by atoms with E-state index < -0.39 is 0 Å². The molecule has 0 unspecified atom stereocenters. The Kier molecular flexibility index (Phi) is 6.27. The third kappa shape index (κ3) is 4.97. The van der Waals surface area contributed by atoms with Crippen LogP contribution < -0.4 is 4.74 Å². The summed E-state index contributed by atoms with van der Waals surface area (Å²) >= 11 is 0. The van der Waals surface area contributed by atoms with Crippen LogP contribution in [0.15, 0.2) is 18.2 Å². The molecule has 134 valence electrons. The molecule has 0 atom stereocenters. The van der Waals surface area contributed by atoms with Crippen molar-refractivity contribution < 1.29 is 9.53 Å². The average Bonchev–Trinajstić information content (AvgIpc) is 2.53. The topological polar surface area (TPSA) is 32.8 Å². The Bertz CT molecular complexity index is 535. The van der Waals surface area contributed by atoms with Gasteiger partial charge in [0.05, 0.1) is 6.61 Å². The maximum Gasteiger partial charge on any atom is 0.228 e. The van der Waals surface area contributed by atoms with E-state index in [-0.39, 0.29) is 11.3 Å². The minimum absolute atomic E-state index is 0.264. The van der Waals surface area contributed by atoms with Gasteiger partial charge in [0.1, 0.15) is 5.75 Å². The van der Waals surface area contributed by atoms with Crippen LogP contribution in [-0.2, 0) is 4.79 Å². The van der Waals surface area contributed by atoms with Gasteiger partial charge in [0, 0.05) is 38.1 Å². The van der Waals surface area contributed by atoms with Gasteiger partial charge in [-0.1, -0.05) is 39.0 Å². The molecule has 1 heterocycles. The van der Waals surface area contributed by atoms with E-state index >= 15 is 0 Å². The second-order valence-corrected chi connectivity index (χ2v) is 7.81. The van der Waals surface area contributed by atoms with Crippen molar-refractivity contribution in [2.45, 2.75) is 41.0 Å². The Morgan fingerprint density at radius 3 is 2.21 bits per heavy atom. The number of aryl methyl sites for hydroxylation is 2. The Morgan fingerprint density at radius 2 is 1.67 bits per heavy atom. The van der Waals surface area contributed by atoms with Crippen LogP contribution in [0, 0.1) is 19.3 Å². The number of carbonyl (C=O) groups excluding carboxylic acids is 1. The molecule has 1 fully saturated rings. The summed E-state index contributed by atoms with van der Waals surface area (Å²) in [6.45, 7) is 15.5. The van der Waals surface area contributed by atoms with Crippen LogP contribution >= 0.6 is 0 Å². The summed E-state index contributed by atoms with van der Waals surface area (Å²) < 4.78 is 5.97. The number of rotatable bonds is 5. The quantitative estimate of drug-likeness (QED) is 0.776. The van der Waals surface area contributed by atoms with Gasteiger partial charge in [-0.3, -0.25) is 9.69 Å². The molecule has 0 bridgehead atoms. The summed E-state index contributed by atoms with van der Waals surface area (Å²) in [4.78, 5) is 16.7. The van der Waals surface area contributed by atoms with E-state index in [0.29, 0.717) is 0 Å². The van der Waals surface area contributed by atoms with E-state index in [4.69, 9.17) is 4.74 Å². The summed E-state index contributed by atoms with van der Waals surface area (Å²) in [6.07, 6.45) is 1.01. The van der Waals surface area contributed by atoms with Crippen LogP contribution in [0.2, 0.25) is 0 Å². The summed E-state index contributed by atoms with van der Waals surface area (Å²) in [7, 11) is 0. The first-order valence-corrected chi connectivity index (χ1v) is 9.00. The monoisotopic (exact) mass is 332 g/mol. The summed E-state index contributed by atoms with van der Waals surface area (Å²) in [5.41, 5.74) is 2.12. The Morgan fingerprint density at radius 1 is 1.08 bits per heavy atom. The number of nitrogens with zero attached hydrogens (tertiary/aromatic N) is 2. The molecule has 1 aromatic rings. The molecule has 1 amide bonds. The minimum atomic E-state index is -0.276. The maximum atomic E-state index is 12.3. The third-order valence-electron chi connectivity index (χ3n) is 4.57. The molecule has 0 aromatic heterocycles. The molecule has 0 aliphatic carbocycles. The van der Waals surface area contributed by atoms with Crippen molar-refractivity contribution in [2.24, 2.45) is 5.41 Å². The highest BCUT2D eigenvalue weighted by atomic mass is 16.5. The van der Waals surface area contributed by atoms with Gasteiger partial charge in [-0.25, -0.2) is 0 Å². The first kappa shape index (κ1) is 18.8. The molecule has 1 aliphatic heterocycles. The van der Waals surface area contributed by atoms with Crippen molar-refractivity contribution in [3.05, 3.63) is 29.3 Å². The van der Waals surface area contributed by atoms with E-state index in [9.17, 15) is 4.79 Å². The standard InChI is InChI=1S/C20H32N2O2/c1-16-8-6-9-17(2)18(16)24-15-7-10-21-11-13-22(14-12-21)19(23)20(3,4)5/h6,8-9H,7,10-15H2,1-5H3. The molecule has 1 saturated heterocycles. The molecular formula is C20H32N2O2. The van der Waals surface area contributed by atoms with E-state index in [1.54, 1.807) is 0 Å². The van der Waals surface area contributed by atoms with Gasteiger partial charge in [-0.2, -0.15) is 0 Å². The number of para-hydroxylation sites is 1. The number of ether oxygens (including phenoxy) is 1. The van der Waals surface area contributed by atoms with E-state index in [0.717, 1.165) is 51.5 Å². The molecule has 0 saturated carbocycles. The fraction of sp³-hybridized carbons (Fsp3) is 0.650. The lowest BCUT2D eigenvalue weighted by Gasteiger charge is -2.37. The van der Waals surface area contributed by atoms with Crippen molar-refractivity contribution in [3.8, 4) is 5.75 Å². The third-order valence-corrected chi connectivity index (χ3v) is 4.57. The van der Waals surface area contributed by atoms with Gasteiger partial charge < -0.3 is 9.64 Å². The fourth-order valence-corrected chi connectivity index (χ4v) is 3.14. The van der Waals surface area contributed by atoms with Crippen molar-refractivity contribution >= 4 is 5.91 Å². The summed E-state index contributed by atoms with van der Waals surface area (Å²) in [5.74, 6) is 1.29. The average molecular weight is 332 g/mol. The molecular weight excluding hydrogens is 300 g/mol. The largest absolute Gasteiger partial charge is 0.493 e. The van der Waals surface area contributed by atoms with E-state index in [1.165, 1.54) is 11.1 Å². The highest BCUT2D eigenvalue weighted by molar-refractivity contribution is 5.81. The summed E-state index contributed by atoms with van der Waals surface area (Å²) in [5, 5.41) is 0. The highest BCUT2D eigenvalue weighted by Crippen LogP contribution is 2.22. The molecule has 0 spiro atoms. The predicted molar refractivity (Wildman–Crippen MR) is 98.5 cm³/mol. The van der Waals surface area contributed by atoms with Crippen molar-refractivity contribution in [3.63, 3.8) is 0 Å². The van der Waals surface area contributed by atoms with Crippen LogP contribution in [0.1, 0.15) is 38.3 Å². The molecule has 1 aliphatic rings. The Balaban J connectivity index is 1.69. The molecule has 2 rings (SSSR count).